The molecule has 0 saturated carbocycles. The third kappa shape index (κ3) is 9.69. The number of H-pyrrole nitrogens is 1. The van der Waals surface area contributed by atoms with E-state index in [2.05, 4.69) is 29.8 Å². The van der Waals surface area contributed by atoms with E-state index in [1.54, 1.807) is 43.3 Å². The first kappa shape index (κ1) is 43.1. The molecule has 316 valence electrons. The lowest BCUT2D eigenvalue weighted by Gasteiger charge is -2.31. The molecule has 25 nitrogen and oxygen atoms in total. The quantitative estimate of drug-likeness (QED) is 0.0418. The molecule has 27 heteroatoms. The molecule has 3 aromatic heterocycles. The van der Waals surface area contributed by atoms with Crippen LogP contribution in [0.25, 0.3) is 11.2 Å². The fraction of sp³-hybridized carbons (Fsp3) is 0.484. The molecule has 1 amide bonds. The number of ether oxygens (including phenoxy) is 3. The number of phosphoric acid groups is 2. The van der Waals surface area contributed by atoms with Gasteiger partial charge in [0, 0.05) is 20.3 Å². The molecule has 1 aromatic carbocycles. The van der Waals surface area contributed by atoms with Crippen molar-refractivity contribution >= 4 is 44.4 Å². The lowest BCUT2D eigenvalue weighted by molar-refractivity contribution is -0.745. The number of carbonyl (C=O) groups is 1. The molecular formula is C31H41N10O15P2-. The van der Waals surface area contributed by atoms with E-state index in [-0.39, 0.29) is 17.9 Å². The van der Waals surface area contributed by atoms with E-state index in [1.807, 2.05) is 0 Å². The number of anilines is 2. The normalized spacial score (nSPS) is 27.2. The average molecular weight is 856 g/mol. The second kappa shape index (κ2) is 17.4. The van der Waals surface area contributed by atoms with Crippen LogP contribution < -0.4 is 46.5 Å². The summed E-state index contributed by atoms with van der Waals surface area (Å²) in [6.45, 7) is -1.98. The van der Waals surface area contributed by atoms with Gasteiger partial charge in [0.25, 0.3) is 15.6 Å². The highest BCUT2D eigenvalue weighted by atomic mass is 31.2. The van der Waals surface area contributed by atoms with Gasteiger partial charge in [-0.1, -0.05) is 17.1 Å². The van der Waals surface area contributed by atoms with E-state index >= 15 is 0 Å². The molecule has 9 N–H and O–H groups in total. The molecule has 0 radical (unpaired) electrons. The Morgan fingerprint density at radius 1 is 1.10 bits per heavy atom. The number of methoxy groups -OCH3 is 1. The summed E-state index contributed by atoms with van der Waals surface area (Å²) < 4.78 is 58.4. The SMILES string of the molecule is COc1ccc(CC(N)C(=O)NC2C(COP(=O)([O-])OC3C(COP(=O)([O-])O)OC(n4ccc(N)nc4=O)C3O)OC([n+]3c[nH]c4c(N(C)C)ncnc43)C2O)cc1. The zero-order valence-corrected chi connectivity index (χ0v) is 32.7. The number of hydrogen-bond acceptors (Lipinski definition) is 20. The van der Waals surface area contributed by atoms with Crippen molar-refractivity contribution in [2.75, 3.05) is 45.1 Å². The third-order valence-corrected chi connectivity index (χ3v) is 10.7. The number of phosphoric ester groups is 2. The molecule has 2 saturated heterocycles. The highest BCUT2D eigenvalue weighted by molar-refractivity contribution is 7.46. The fourth-order valence-electron chi connectivity index (χ4n) is 6.44. The molecule has 0 aliphatic carbocycles. The highest BCUT2D eigenvalue weighted by Gasteiger charge is 2.51. The number of hydrogen-bond donors (Lipinski definition) is 7. The first-order valence-electron chi connectivity index (χ1n) is 17.3. The number of nitrogens with zero attached hydrogens (tertiary/aromatic N) is 6. The third-order valence-electron chi connectivity index (χ3n) is 9.22. The molecular weight excluding hydrogens is 814 g/mol. The summed E-state index contributed by atoms with van der Waals surface area (Å²) in [5.41, 5.74) is 12.2. The zero-order valence-electron chi connectivity index (χ0n) is 30.9. The topological polar surface area (TPSA) is 361 Å². The number of aromatic amines is 1. The number of nitrogens with one attached hydrogen (secondary N) is 2. The van der Waals surface area contributed by atoms with Crippen LogP contribution in [0.5, 0.6) is 5.75 Å². The summed E-state index contributed by atoms with van der Waals surface area (Å²) in [5.74, 6) is 0.166. The number of rotatable bonds is 16. The van der Waals surface area contributed by atoms with Gasteiger partial charge in [-0.3, -0.25) is 23.5 Å². The molecule has 4 aromatic rings. The minimum Gasteiger partial charge on any atom is -0.756 e. The lowest BCUT2D eigenvalue weighted by Crippen LogP contribution is -2.55. The van der Waals surface area contributed by atoms with Gasteiger partial charge in [-0.25, -0.2) is 9.36 Å². The van der Waals surface area contributed by atoms with Crippen LogP contribution >= 0.6 is 15.6 Å². The van der Waals surface area contributed by atoms with Gasteiger partial charge in [-0.2, -0.15) is 9.97 Å². The van der Waals surface area contributed by atoms with E-state index in [4.69, 9.17) is 39.6 Å². The molecule has 0 spiro atoms. The van der Waals surface area contributed by atoms with Crippen molar-refractivity contribution in [1.82, 2.24) is 29.8 Å². The standard InChI is InChI=1S/C31H42N10O15P2/c1-39(2)26-22-27(35-13-34-26)41(14-36-22)29-23(42)21(38-28(44)17(32)10-15-4-6-16(51-3)7-5-15)18(54-29)11-53-58(49,50)56-25-19(12-52-57(46,47)48)55-30(24(25)43)40-9-8-20(33)37-31(40)45/h4-9,13-14,17-19,21,23-25,29-30,42-43H,10-12,32H2,1-3H3,(H6,33,37,38,44,45,46,47,48,49,50)/p-1. The number of imidazole rings is 1. The van der Waals surface area contributed by atoms with Crippen molar-refractivity contribution in [3.05, 3.63) is 65.2 Å². The lowest BCUT2D eigenvalue weighted by atomic mass is 10.0. The second-order valence-corrected chi connectivity index (χ2v) is 16.0. The van der Waals surface area contributed by atoms with Gasteiger partial charge < -0.3 is 74.4 Å². The largest absolute Gasteiger partial charge is 0.756 e. The zero-order chi connectivity index (χ0) is 42.1. The van der Waals surface area contributed by atoms with Crippen LogP contribution in [-0.2, 0) is 43.4 Å². The first-order chi connectivity index (χ1) is 27.4. The maximum atomic E-state index is 13.5. The van der Waals surface area contributed by atoms with Crippen LogP contribution in [0.2, 0.25) is 0 Å². The summed E-state index contributed by atoms with van der Waals surface area (Å²) in [7, 11) is -5.98. The summed E-state index contributed by atoms with van der Waals surface area (Å²) >= 11 is 0. The summed E-state index contributed by atoms with van der Waals surface area (Å²) in [6.07, 6.45) is -7.87. The van der Waals surface area contributed by atoms with Crippen LogP contribution in [0.3, 0.4) is 0 Å². The fourth-order valence-corrected chi connectivity index (χ4v) is 7.72. The van der Waals surface area contributed by atoms with Gasteiger partial charge >= 0.3 is 11.3 Å². The Bertz CT molecular complexity index is 2240. The number of aliphatic hydroxyl groups is 2. The molecule has 5 heterocycles. The molecule has 11 unspecified atom stereocenters. The Morgan fingerprint density at radius 3 is 2.47 bits per heavy atom. The predicted molar refractivity (Wildman–Crippen MR) is 192 cm³/mol. The van der Waals surface area contributed by atoms with E-state index in [0.29, 0.717) is 22.6 Å². The van der Waals surface area contributed by atoms with Gasteiger partial charge in [-0.15, -0.1) is 0 Å². The van der Waals surface area contributed by atoms with E-state index in [9.17, 15) is 38.7 Å². The molecule has 2 aliphatic rings. The number of carbonyl (C=O) groups excluding carboxylic acids is 1. The number of benzene rings is 1. The van der Waals surface area contributed by atoms with Crippen LogP contribution in [0.4, 0.5) is 11.6 Å². The van der Waals surface area contributed by atoms with Gasteiger partial charge in [-0.05, 0) is 30.2 Å². The monoisotopic (exact) mass is 855 g/mol. The minimum absolute atomic E-state index is 0.0728. The van der Waals surface area contributed by atoms with Gasteiger partial charge in [0.05, 0.1) is 32.4 Å². The van der Waals surface area contributed by atoms with E-state index < -0.39 is 95.5 Å². The number of aliphatic hydroxyl groups excluding tert-OH is 2. The number of fused-ring (bicyclic) bond motifs is 1. The average Bonchev–Trinajstić information content (AvgIpc) is 3.82. The Kier molecular flexibility index (Phi) is 12.9. The Hall–Kier alpha value is -4.46. The van der Waals surface area contributed by atoms with Crippen LogP contribution in [0, 0.1) is 0 Å². The van der Waals surface area contributed by atoms with Crippen LogP contribution in [0.1, 0.15) is 18.0 Å². The minimum atomic E-state index is -5.59. The van der Waals surface area contributed by atoms with Gasteiger partial charge in [0.1, 0.15) is 42.1 Å². The maximum Gasteiger partial charge on any atom is 0.351 e. The molecule has 2 fully saturated rings. The summed E-state index contributed by atoms with van der Waals surface area (Å²) in [5, 5.41) is 25.4. The van der Waals surface area contributed by atoms with Crippen LogP contribution in [0.15, 0.2) is 54.0 Å². The first-order valence-corrected chi connectivity index (χ1v) is 20.2. The maximum absolute atomic E-state index is 13.5. The number of aromatic nitrogens is 6. The summed E-state index contributed by atoms with van der Waals surface area (Å²) in [4.78, 5) is 76.7. The highest BCUT2D eigenvalue weighted by Crippen LogP contribution is 2.46. The van der Waals surface area contributed by atoms with Crippen molar-refractivity contribution in [3.8, 4) is 5.75 Å². The van der Waals surface area contributed by atoms with Crippen LogP contribution in [-0.4, -0.2) is 123 Å². The molecule has 11 atom stereocenters. The molecule has 0 bridgehead atoms. The number of nitrogens with two attached hydrogens (primary N) is 2. The van der Waals surface area contributed by atoms with Gasteiger partial charge in [0.15, 0.2) is 24.7 Å². The van der Waals surface area contributed by atoms with Crippen molar-refractivity contribution < 1.29 is 71.2 Å². The van der Waals surface area contributed by atoms with Gasteiger partial charge in [0.2, 0.25) is 17.7 Å². The van der Waals surface area contributed by atoms with Crippen molar-refractivity contribution in [3.63, 3.8) is 0 Å². The van der Waals surface area contributed by atoms with Crippen molar-refractivity contribution in [2.24, 2.45) is 5.73 Å². The van der Waals surface area contributed by atoms with E-state index in [1.165, 1.54) is 30.4 Å². The Balaban J connectivity index is 1.23. The number of amides is 1. The molecule has 6 rings (SSSR count). The second-order valence-electron chi connectivity index (χ2n) is 13.4. The van der Waals surface area contributed by atoms with Crippen molar-refractivity contribution in [2.45, 2.75) is 61.5 Å². The van der Waals surface area contributed by atoms with E-state index in [0.717, 1.165) is 10.8 Å². The smallest absolute Gasteiger partial charge is 0.351 e. The number of nitrogen functional groups attached to an aromatic ring is 1. The van der Waals surface area contributed by atoms with Crippen molar-refractivity contribution in [1.29, 1.82) is 0 Å². The Labute approximate surface area is 328 Å². The Morgan fingerprint density at radius 2 is 1.81 bits per heavy atom. The molecule has 58 heavy (non-hydrogen) atoms. The predicted octanol–water partition coefficient (Wildman–Crippen LogP) is -3.92. The molecule has 2 aliphatic heterocycles. The summed E-state index contributed by atoms with van der Waals surface area (Å²) in [6, 6.07) is 5.48.